The maximum Gasteiger partial charge on any atom is 0.573 e. The van der Waals surface area contributed by atoms with E-state index >= 15 is 0 Å². The van der Waals surface area contributed by atoms with Gasteiger partial charge in [0.15, 0.2) is 0 Å². The summed E-state index contributed by atoms with van der Waals surface area (Å²) in [5.74, 6) is -0.229. The van der Waals surface area contributed by atoms with Crippen molar-refractivity contribution in [3.8, 4) is 5.75 Å². The third kappa shape index (κ3) is 6.79. The second-order valence-corrected chi connectivity index (χ2v) is 4.56. The van der Waals surface area contributed by atoms with Crippen LogP contribution in [0.2, 0.25) is 0 Å². The Labute approximate surface area is 122 Å². The van der Waals surface area contributed by atoms with Crippen molar-refractivity contribution in [2.75, 3.05) is 27.4 Å². The van der Waals surface area contributed by atoms with Gasteiger partial charge in [-0.3, -0.25) is 0 Å². The summed E-state index contributed by atoms with van der Waals surface area (Å²) in [6.45, 7) is 2.96. The van der Waals surface area contributed by atoms with Gasteiger partial charge in [-0.2, -0.15) is 0 Å². The van der Waals surface area contributed by atoms with Crippen molar-refractivity contribution in [1.82, 2.24) is 5.32 Å². The third-order valence-corrected chi connectivity index (χ3v) is 2.95. The molecule has 0 aliphatic carbocycles. The van der Waals surface area contributed by atoms with Gasteiger partial charge < -0.3 is 19.5 Å². The number of methoxy groups -OCH3 is 2. The standard InChI is InChI=1S/C14H20F3NO3/c1-10(18-8-13(20-3)9-19-2)11-4-6-12(7-5-11)21-14(15,16)17/h4-7,10,13,18H,8-9H2,1-3H3. The van der Waals surface area contributed by atoms with Crippen LogP contribution in [0.3, 0.4) is 0 Å². The summed E-state index contributed by atoms with van der Waals surface area (Å²) in [7, 11) is 3.19. The number of rotatable bonds is 8. The SMILES string of the molecule is COCC(CNC(C)c1ccc(OC(F)(F)F)cc1)OC. The first-order chi connectivity index (χ1) is 9.85. The molecule has 0 amide bonds. The van der Waals surface area contributed by atoms with E-state index in [1.807, 2.05) is 6.92 Å². The van der Waals surface area contributed by atoms with Crippen LogP contribution in [0.1, 0.15) is 18.5 Å². The van der Waals surface area contributed by atoms with Crippen LogP contribution in [-0.2, 0) is 9.47 Å². The van der Waals surface area contributed by atoms with Crippen molar-refractivity contribution in [2.24, 2.45) is 0 Å². The highest BCUT2D eigenvalue weighted by molar-refractivity contribution is 5.29. The van der Waals surface area contributed by atoms with Crippen LogP contribution in [0.4, 0.5) is 13.2 Å². The molecular formula is C14H20F3NO3. The first-order valence-electron chi connectivity index (χ1n) is 6.46. The zero-order valence-electron chi connectivity index (χ0n) is 12.2. The predicted molar refractivity (Wildman–Crippen MR) is 72.2 cm³/mol. The van der Waals surface area contributed by atoms with Gasteiger partial charge in [0.05, 0.1) is 12.7 Å². The summed E-state index contributed by atoms with van der Waals surface area (Å²) < 4.78 is 50.2. The summed E-state index contributed by atoms with van der Waals surface area (Å²) in [5.41, 5.74) is 0.858. The van der Waals surface area contributed by atoms with Crippen molar-refractivity contribution in [3.63, 3.8) is 0 Å². The number of ether oxygens (including phenoxy) is 3. The summed E-state index contributed by atoms with van der Waals surface area (Å²) in [4.78, 5) is 0. The Kier molecular flexibility index (Phi) is 6.94. The number of hydrogen-bond donors (Lipinski definition) is 1. The lowest BCUT2D eigenvalue weighted by atomic mass is 10.1. The first-order valence-corrected chi connectivity index (χ1v) is 6.46. The minimum Gasteiger partial charge on any atom is -0.406 e. The molecule has 0 bridgehead atoms. The van der Waals surface area contributed by atoms with E-state index < -0.39 is 6.36 Å². The van der Waals surface area contributed by atoms with Crippen LogP contribution in [0.15, 0.2) is 24.3 Å². The minimum absolute atomic E-state index is 0.0283. The molecule has 2 unspecified atom stereocenters. The molecule has 0 aliphatic rings. The number of alkyl halides is 3. The molecule has 0 radical (unpaired) electrons. The zero-order valence-corrected chi connectivity index (χ0v) is 12.2. The van der Waals surface area contributed by atoms with Crippen LogP contribution >= 0.6 is 0 Å². The number of halogens is 3. The van der Waals surface area contributed by atoms with Gasteiger partial charge in [0.2, 0.25) is 0 Å². The van der Waals surface area contributed by atoms with Gasteiger partial charge in [0.1, 0.15) is 5.75 Å². The second-order valence-electron chi connectivity index (χ2n) is 4.56. The van der Waals surface area contributed by atoms with E-state index in [1.165, 1.54) is 12.1 Å². The molecule has 1 rings (SSSR count). The molecule has 7 heteroatoms. The van der Waals surface area contributed by atoms with Gasteiger partial charge in [0.25, 0.3) is 0 Å². The normalized spacial score (nSPS) is 14.8. The molecule has 0 heterocycles. The van der Waals surface area contributed by atoms with Crippen LogP contribution in [0.5, 0.6) is 5.75 Å². The highest BCUT2D eigenvalue weighted by Crippen LogP contribution is 2.24. The molecule has 0 aliphatic heterocycles. The first kappa shape index (κ1) is 17.7. The van der Waals surface area contributed by atoms with E-state index in [1.54, 1.807) is 26.4 Å². The Morgan fingerprint density at radius 3 is 2.24 bits per heavy atom. The molecule has 0 aromatic heterocycles. The van der Waals surface area contributed by atoms with Gasteiger partial charge in [-0.05, 0) is 24.6 Å². The van der Waals surface area contributed by atoms with Crippen LogP contribution in [-0.4, -0.2) is 39.8 Å². The Hall–Kier alpha value is -1.31. The van der Waals surface area contributed by atoms with Crippen molar-refractivity contribution in [1.29, 1.82) is 0 Å². The maximum atomic E-state index is 12.1. The summed E-state index contributed by atoms with van der Waals surface area (Å²) >= 11 is 0. The largest absolute Gasteiger partial charge is 0.573 e. The number of hydrogen-bond acceptors (Lipinski definition) is 4. The lowest BCUT2D eigenvalue weighted by Crippen LogP contribution is -2.33. The summed E-state index contributed by atoms with van der Waals surface area (Å²) in [6, 6.07) is 5.75. The highest BCUT2D eigenvalue weighted by Gasteiger charge is 2.31. The maximum absolute atomic E-state index is 12.1. The van der Waals surface area contributed by atoms with E-state index in [-0.39, 0.29) is 17.9 Å². The Bertz CT molecular complexity index is 409. The average Bonchev–Trinajstić information content (AvgIpc) is 2.42. The van der Waals surface area contributed by atoms with E-state index in [0.29, 0.717) is 13.2 Å². The Balaban J connectivity index is 2.53. The molecule has 120 valence electrons. The average molecular weight is 307 g/mol. The second kappa shape index (κ2) is 8.21. The molecule has 1 aromatic carbocycles. The van der Waals surface area contributed by atoms with E-state index in [2.05, 4.69) is 10.1 Å². The van der Waals surface area contributed by atoms with Gasteiger partial charge in [-0.1, -0.05) is 12.1 Å². The quantitative estimate of drug-likeness (QED) is 0.801. The minimum atomic E-state index is -4.67. The summed E-state index contributed by atoms with van der Waals surface area (Å²) in [5, 5.41) is 3.23. The molecule has 0 fully saturated rings. The molecule has 0 saturated carbocycles. The van der Waals surface area contributed by atoms with E-state index in [9.17, 15) is 13.2 Å². The lowest BCUT2D eigenvalue weighted by Gasteiger charge is -2.19. The van der Waals surface area contributed by atoms with Crippen molar-refractivity contribution >= 4 is 0 Å². The Morgan fingerprint density at radius 1 is 1.14 bits per heavy atom. The molecule has 21 heavy (non-hydrogen) atoms. The molecule has 0 spiro atoms. The van der Waals surface area contributed by atoms with Gasteiger partial charge in [-0.25, -0.2) is 0 Å². The van der Waals surface area contributed by atoms with Crippen LogP contribution in [0, 0.1) is 0 Å². The van der Waals surface area contributed by atoms with E-state index in [0.717, 1.165) is 5.56 Å². The van der Waals surface area contributed by atoms with Gasteiger partial charge in [-0.15, -0.1) is 13.2 Å². The molecule has 0 saturated heterocycles. The van der Waals surface area contributed by atoms with Crippen molar-refractivity contribution < 1.29 is 27.4 Å². The zero-order chi connectivity index (χ0) is 15.9. The number of nitrogens with one attached hydrogen (secondary N) is 1. The smallest absolute Gasteiger partial charge is 0.406 e. The molecule has 4 nitrogen and oxygen atoms in total. The fraction of sp³-hybridized carbons (Fsp3) is 0.571. The molecule has 2 atom stereocenters. The lowest BCUT2D eigenvalue weighted by molar-refractivity contribution is -0.274. The van der Waals surface area contributed by atoms with Gasteiger partial charge >= 0.3 is 6.36 Å². The molecule has 1 N–H and O–H groups in total. The number of benzene rings is 1. The fourth-order valence-electron chi connectivity index (χ4n) is 1.78. The topological polar surface area (TPSA) is 39.7 Å². The van der Waals surface area contributed by atoms with Crippen molar-refractivity contribution in [2.45, 2.75) is 25.4 Å². The monoisotopic (exact) mass is 307 g/mol. The van der Waals surface area contributed by atoms with Crippen LogP contribution < -0.4 is 10.1 Å². The summed E-state index contributed by atoms with van der Waals surface area (Å²) in [6.07, 6.45) is -4.75. The fourth-order valence-corrected chi connectivity index (χ4v) is 1.78. The van der Waals surface area contributed by atoms with Gasteiger partial charge in [0, 0.05) is 26.8 Å². The molecule has 1 aromatic rings. The molecular weight excluding hydrogens is 287 g/mol. The third-order valence-electron chi connectivity index (χ3n) is 2.95. The Morgan fingerprint density at radius 2 is 1.76 bits per heavy atom. The van der Waals surface area contributed by atoms with Crippen molar-refractivity contribution in [3.05, 3.63) is 29.8 Å². The van der Waals surface area contributed by atoms with Crippen LogP contribution in [0.25, 0.3) is 0 Å². The predicted octanol–water partition coefficient (Wildman–Crippen LogP) is 2.90. The van der Waals surface area contributed by atoms with E-state index in [4.69, 9.17) is 9.47 Å². The highest BCUT2D eigenvalue weighted by atomic mass is 19.4.